The first kappa shape index (κ1) is 12.7. The zero-order valence-electron chi connectivity index (χ0n) is 9.10. The van der Waals surface area contributed by atoms with Gasteiger partial charge in [0.05, 0.1) is 17.9 Å². The zero-order valence-corrected chi connectivity index (χ0v) is 9.10. The van der Waals surface area contributed by atoms with Gasteiger partial charge in [-0.15, -0.1) is 0 Å². The highest BCUT2D eigenvalue weighted by molar-refractivity contribution is 6.36. The predicted molar refractivity (Wildman–Crippen MR) is 58.7 cm³/mol. The minimum absolute atomic E-state index is 0.110. The summed E-state index contributed by atoms with van der Waals surface area (Å²) in [5.74, 6) is -3.45. The van der Waals surface area contributed by atoms with Gasteiger partial charge < -0.3 is 15.2 Å². The predicted octanol–water partition coefficient (Wildman–Crippen LogP) is 0.886. The Morgan fingerprint density at radius 3 is 2.53 bits per heavy atom. The number of ether oxygens (including phenoxy) is 1. The zero-order chi connectivity index (χ0) is 12.8. The number of aliphatic carboxylic acids is 1. The molecule has 0 aliphatic carbocycles. The second-order valence-corrected chi connectivity index (χ2v) is 3.03. The van der Waals surface area contributed by atoms with Crippen molar-refractivity contribution in [2.24, 2.45) is 0 Å². The maximum atomic E-state index is 11.5. The van der Waals surface area contributed by atoms with Gasteiger partial charge in [-0.25, -0.2) is 9.59 Å². The third-order valence-electron chi connectivity index (χ3n) is 1.86. The van der Waals surface area contributed by atoms with Crippen molar-refractivity contribution in [3.05, 3.63) is 29.8 Å². The Morgan fingerprint density at radius 2 is 1.94 bits per heavy atom. The molecule has 0 unspecified atom stereocenters. The van der Waals surface area contributed by atoms with Crippen LogP contribution in [0, 0.1) is 0 Å². The lowest BCUT2D eigenvalue weighted by Crippen LogP contribution is -2.23. The van der Waals surface area contributed by atoms with E-state index < -0.39 is 17.8 Å². The lowest BCUT2D eigenvalue weighted by atomic mass is 10.2. The number of carbonyl (C=O) groups is 3. The molecule has 0 spiro atoms. The molecule has 2 N–H and O–H groups in total. The van der Waals surface area contributed by atoms with Crippen molar-refractivity contribution in [1.82, 2.24) is 0 Å². The fourth-order valence-corrected chi connectivity index (χ4v) is 1.15. The molecule has 6 nitrogen and oxygen atoms in total. The van der Waals surface area contributed by atoms with Gasteiger partial charge in [-0.2, -0.15) is 0 Å². The summed E-state index contributed by atoms with van der Waals surface area (Å²) >= 11 is 0. The van der Waals surface area contributed by atoms with Crippen molar-refractivity contribution < 1.29 is 24.2 Å². The molecule has 0 heterocycles. The van der Waals surface area contributed by atoms with E-state index in [1.54, 1.807) is 19.1 Å². The largest absolute Gasteiger partial charge is 0.474 e. The van der Waals surface area contributed by atoms with Gasteiger partial charge in [-0.05, 0) is 19.1 Å². The van der Waals surface area contributed by atoms with E-state index in [2.05, 4.69) is 5.32 Å². The van der Waals surface area contributed by atoms with Crippen molar-refractivity contribution in [3.63, 3.8) is 0 Å². The van der Waals surface area contributed by atoms with Crippen molar-refractivity contribution in [1.29, 1.82) is 0 Å². The molecule has 0 bridgehead atoms. The van der Waals surface area contributed by atoms with Gasteiger partial charge in [0, 0.05) is 0 Å². The normalized spacial score (nSPS) is 9.47. The molecule has 17 heavy (non-hydrogen) atoms. The smallest absolute Gasteiger partial charge is 0.394 e. The monoisotopic (exact) mass is 237 g/mol. The van der Waals surface area contributed by atoms with Crippen molar-refractivity contribution >= 4 is 23.5 Å². The number of nitrogens with one attached hydrogen (secondary N) is 1. The second kappa shape index (κ2) is 5.64. The molecule has 1 aromatic carbocycles. The summed E-state index contributed by atoms with van der Waals surface area (Å²) < 4.78 is 4.77. The molecule has 0 aliphatic rings. The molecule has 0 fully saturated rings. The summed E-state index contributed by atoms with van der Waals surface area (Å²) in [5.41, 5.74) is 0.224. The number of carboxylic acids is 1. The SMILES string of the molecule is CCOC(=O)c1ccccc1NC(=O)C(=O)O. The first-order chi connectivity index (χ1) is 8.06. The number of rotatable bonds is 3. The number of para-hydroxylation sites is 1. The highest BCUT2D eigenvalue weighted by Crippen LogP contribution is 2.16. The molecule has 0 aliphatic heterocycles. The molecule has 0 radical (unpaired) electrons. The Hall–Kier alpha value is -2.37. The van der Waals surface area contributed by atoms with Crippen LogP contribution in [0.25, 0.3) is 0 Å². The molecular formula is C11H11NO5. The van der Waals surface area contributed by atoms with Gasteiger partial charge in [0.25, 0.3) is 0 Å². The van der Waals surface area contributed by atoms with Crippen LogP contribution in [0.5, 0.6) is 0 Å². The highest BCUT2D eigenvalue weighted by Gasteiger charge is 2.17. The van der Waals surface area contributed by atoms with E-state index in [0.717, 1.165) is 0 Å². The summed E-state index contributed by atoms with van der Waals surface area (Å²) in [6.07, 6.45) is 0. The number of hydrogen-bond donors (Lipinski definition) is 2. The summed E-state index contributed by atoms with van der Waals surface area (Å²) in [6.45, 7) is 1.84. The maximum Gasteiger partial charge on any atom is 0.394 e. The van der Waals surface area contributed by atoms with Crippen LogP contribution in [0.2, 0.25) is 0 Å². The second-order valence-electron chi connectivity index (χ2n) is 3.03. The molecule has 0 saturated carbocycles. The first-order valence-corrected chi connectivity index (χ1v) is 4.86. The quantitative estimate of drug-likeness (QED) is 0.601. The average Bonchev–Trinajstić information content (AvgIpc) is 2.29. The van der Waals surface area contributed by atoms with E-state index in [9.17, 15) is 14.4 Å². The van der Waals surface area contributed by atoms with Gasteiger partial charge in [-0.3, -0.25) is 4.79 Å². The Kier molecular flexibility index (Phi) is 4.21. The van der Waals surface area contributed by atoms with Gasteiger partial charge >= 0.3 is 17.8 Å². The molecule has 0 aromatic heterocycles. The van der Waals surface area contributed by atoms with E-state index >= 15 is 0 Å². The summed E-state index contributed by atoms with van der Waals surface area (Å²) in [4.78, 5) is 32.9. The van der Waals surface area contributed by atoms with Gasteiger partial charge in [-0.1, -0.05) is 12.1 Å². The molecule has 1 aromatic rings. The van der Waals surface area contributed by atoms with E-state index in [4.69, 9.17) is 9.84 Å². The van der Waals surface area contributed by atoms with Gasteiger partial charge in [0.15, 0.2) is 0 Å². The Morgan fingerprint density at radius 1 is 1.29 bits per heavy atom. The van der Waals surface area contributed by atoms with Crippen LogP contribution in [0.4, 0.5) is 5.69 Å². The van der Waals surface area contributed by atoms with E-state index in [1.807, 2.05) is 0 Å². The lowest BCUT2D eigenvalue weighted by molar-refractivity contribution is -0.147. The van der Waals surface area contributed by atoms with Crippen molar-refractivity contribution in [2.75, 3.05) is 11.9 Å². The molecule has 90 valence electrons. The van der Waals surface area contributed by atoms with Crippen LogP contribution in [0.1, 0.15) is 17.3 Å². The number of carboxylic acid groups (broad SMARTS) is 1. The van der Waals surface area contributed by atoms with Crippen LogP contribution < -0.4 is 5.32 Å². The molecular weight excluding hydrogens is 226 g/mol. The molecule has 6 heteroatoms. The lowest BCUT2D eigenvalue weighted by Gasteiger charge is -2.08. The van der Waals surface area contributed by atoms with Gasteiger partial charge in [0.1, 0.15) is 0 Å². The maximum absolute atomic E-state index is 11.5. The van der Waals surface area contributed by atoms with Crippen LogP contribution in [-0.2, 0) is 14.3 Å². The summed E-state index contributed by atoms with van der Waals surface area (Å²) in [7, 11) is 0. The number of esters is 1. The van der Waals surface area contributed by atoms with E-state index in [1.165, 1.54) is 12.1 Å². The van der Waals surface area contributed by atoms with Crippen molar-refractivity contribution in [2.45, 2.75) is 6.92 Å². The molecule has 0 atom stereocenters. The van der Waals surface area contributed by atoms with Crippen LogP contribution in [-0.4, -0.2) is 29.6 Å². The van der Waals surface area contributed by atoms with Crippen LogP contribution >= 0.6 is 0 Å². The van der Waals surface area contributed by atoms with Crippen LogP contribution in [0.15, 0.2) is 24.3 Å². The van der Waals surface area contributed by atoms with Gasteiger partial charge in [0.2, 0.25) is 0 Å². The van der Waals surface area contributed by atoms with E-state index in [-0.39, 0.29) is 17.9 Å². The molecule has 1 amide bonds. The summed E-state index contributed by atoms with van der Waals surface area (Å²) in [5, 5.41) is 10.6. The van der Waals surface area contributed by atoms with E-state index in [0.29, 0.717) is 0 Å². The minimum atomic E-state index is -1.62. The minimum Gasteiger partial charge on any atom is -0.474 e. The number of amides is 1. The standard InChI is InChI=1S/C11H11NO5/c1-2-17-11(16)7-5-3-4-6-8(7)12-9(13)10(14)15/h3-6H,2H2,1H3,(H,12,13)(H,14,15). The fraction of sp³-hybridized carbons (Fsp3) is 0.182. The van der Waals surface area contributed by atoms with Crippen LogP contribution in [0.3, 0.4) is 0 Å². The number of carbonyl (C=O) groups excluding carboxylic acids is 2. The fourth-order valence-electron chi connectivity index (χ4n) is 1.15. The Labute approximate surface area is 97.2 Å². The summed E-state index contributed by atoms with van der Waals surface area (Å²) in [6, 6.07) is 6.02. The Balaban J connectivity index is 2.96. The third kappa shape index (κ3) is 3.30. The average molecular weight is 237 g/mol. The highest BCUT2D eigenvalue weighted by atomic mass is 16.5. The topological polar surface area (TPSA) is 92.7 Å². The number of benzene rings is 1. The number of anilines is 1. The Bertz CT molecular complexity index is 455. The molecule has 1 rings (SSSR count). The van der Waals surface area contributed by atoms with Crippen molar-refractivity contribution in [3.8, 4) is 0 Å². The first-order valence-electron chi connectivity index (χ1n) is 4.86. The number of hydrogen-bond acceptors (Lipinski definition) is 4. The molecule has 0 saturated heterocycles. The third-order valence-corrected chi connectivity index (χ3v) is 1.86.